The molecule has 1 aliphatic rings. The number of aliphatic hydroxyl groups excluding tert-OH is 1. The third-order valence-electron chi connectivity index (χ3n) is 4.07. The molecule has 1 N–H and O–H groups in total. The van der Waals surface area contributed by atoms with E-state index >= 15 is 0 Å². The van der Waals surface area contributed by atoms with Crippen molar-refractivity contribution in [2.45, 2.75) is 45.1 Å². The molecular weight excluding hydrogens is 267 g/mol. The van der Waals surface area contributed by atoms with E-state index in [9.17, 15) is 5.11 Å². The minimum atomic E-state index is -0.435. The molecule has 0 radical (unpaired) electrons. The molecule has 0 aromatic heterocycles. The van der Waals surface area contributed by atoms with Crippen molar-refractivity contribution in [3.63, 3.8) is 0 Å². The van der Waals surface area contributed by atoms with Gasteiger partial charge in [0, 0.05) is 10.0 Å². The Kier molecular flexibility index (Phi) is 4.94. The normalized spacial score (nSPS) is 26.0. The summed E-state index contributed by atoms with van der Waals surface area (Å²) < 4.78 is 0. The third kappa shape index (κ3) is 3.40. The number of rotatable bonds is 3. The van der Waals surface area contributed by atoms with Crippen LogP contribution in [-0.4, -0.2) is 5.11 Å². The van der Waals surface area contributed by atoms with E-state index < -0.39 is 6.10 Å². The maximum Gasteiger partial charge on any atom is 0.0819 e. The van der Waals surface area contributed by atoms with Crippen molar-refractivity contribution in [3.8, 4) is 0 Å². The molecule has 3 atom stereocenters. The van der Waals surface area contributed by atoms with Gasteiger partial charge in [0.25, 0.3) is 0 Å². The summed E-state index contributed by atoms with van der Waals surface area (Å²) in [6.45, 7) is 2.23. The first-order valence-corrected chi connectivity index (χ1v) is 7.49. The molecule has 2 rings (SSSR count). The monoisotopic (exact) mass is 286 g/mol. The van der Waals surface area contributed by atoms with Gasteiger partial charge in [-0.3, -0.25) is 0 Å². The number of hydrogen-bond acceptors (Lipinski definition) is 1. The summed E-state index contributed by atoms with van der Waals surface area (Å²) in [7, 11) is 0. The Morgan fingerprint density at radius 3 is 2.50 bits per heavy atom. The van der Waals surface area contributed by atoms with E-state index in [1.165, 1.54) is 19.3 Å². The average molecular weight is 287 g/mol. The van der Waals surface area contributed by atoms with Gasteiger partial charge in [-0.2, -0.15) is 0 Å². The first-order chi connectivity index (χ1) is 8.60. The Morgan fingerprint density at radius 2 is 1.89 bits per heavy atom. The van der Waals surface area contributed by atoms with Crippen molar-refractivity contribution in [1.82, 2.24) is 0 Å². The summed E-state index contributed by atoms with van der Waals surface area (Å²) in [6.07, 6.45) is 5.50. The largest absolute Gasteiger partial charge is 0.388 e. The minimum Gasteiger partial charge on any atom is -0.388 e. The van der Waals surface area contributed by atoms with E-state index in [1.807, 2.05) is 12.1 Å². The van der Waals surface area contributed by atoms with Crippen LogP contribution in [0.2, 0.25) is 10.0 Å². The highest BCUT2D eigenvalue weighted by Gasteiger charge is 2.27. The molecule has 1 aromatic rings. The van der Waals surface area contributed by atoms with E-state index in [4.69, 9.17) is 23.2 Å². The van der Waals surface area contributed by atoms with Gasteiger partial charge >= 0.3 is 0 Å². The van der Waals surface area contributed by atoms with Crippen LogP contribution in [0.5, 0.6) is 0 Å². The van der Waals surface area contributed by atoms with Crippen molar-refractivity contribution < 1.29 is 5.11 Å². The molecular formula is C15H20Cl2O. The minimum absolute atomic E-state index is 0.346. The predicted molar refractivity (Wildman–Crippen MR) is 77.2 cm³/mol. The van der Waals surface area contributed by atoms with Gasteiger partial charge in [0.1, 0.15) is 0 Å². The zero-order valence-electron chi connectivity index (χ0n) is 10.7. The molecule has 0 bridgehead atoms. The van der Waals surface area contributed by atoms with Crippen LogP contribution in [0, 0.1) is 11.8 Å². The molecule has 3 heteroatoms. The fourth-order valence-corrected chi connectivity index (χ4v) is 3.55. The molecule has 100 valence electrons. The number of hydrogen-bond donors (Lipinski definition) is 1. The van der Waals surface area contributed by atoms with Crippen LogP contribution in [0.4, 0.5) is 0 Å². The van der Waals surface area contributed by atoms with Crippen LogP contribution in [0.25, 0.3) is 0 Å². The molecule has 3 unspecified atom stereocenters. The fourth-order valence-electron chi connectivity index (χ4n) is 3.01. The van der Waals surface area contributed by atoms with E-state index in [0.717, 1.165) is 24.3 Å². The molecule has 1 aliphatic carbocycles. The van der Waals surface area contributed by atoms with Crippen LogP contribution in [0.1, 0.15) is 50.7 Å². The number of halogens is 2. The Labute approximate surface area is 119 Å². The standard InChI is InChI=1S/C15H20Cl2O/c1-2-10-4-3-5-11(6-10)15(18)12-7-13(16)9-14(17)8-12/h7-11,15,18H,2-6H2,1H3. The Morgan fingerprint density at radius 1 is 1.22 bits per heavy atom. The first kappa shape index (κ1) is 14.2. The van der Waals surface area contributed by atoms with Gasteiger partial charge in [0.2, 0.25) is 0 Å². The SMILES string of the molecule is CCC1CCCC(C(O)c2cc(Cl)cc(Cl)c2)C1. The predicted octanol–water partition coefficient (Wildman–Crippen LogP) is 5.24. The molecule has 1 saturated carbocycles. The number of benzene rings is 1. The van der Waals surface area contributed by atoms with E-state index in [-0.39, 0.29) is 0 Å². The Bertz CT molecular complexity index is 385. The van der Waals surface area contributed by atoms with Crippen molar-refractivity contribution in [2.75, 3.05) is 0 Å². The molecule has 1 fully saturated rings. The smallest absolute Gasteiger partial charge is 0.0819 e. The lowest BCUT2D eigenvalue weighted by molar-refractivity contribution is 0.0678. The summed E-state index contributed by atoms with van der Waals surface area (Å²) in [5.41, 5.74) is 0.856. The lowest BCUT2D eigenvalue weighted by atomic mass is 9.76. The highest BCUT2D eigenvalue weighted by atomic mass is 35.5. The second-order valence-electron chi connectivity index (χ2n) is 5.35. The van der Waals surface area contributed by atoms with Gasteiger partial charge in [-0.1, -0.05) is 49.4 Å². The van der Waals surface area contributed by atoms with Crippen LogP contribution >= 0.6 is 23.2 Å². The lowest BCUT2D eigenvalue weighted by Crippen LogP contribution is -2.21. The molecule has 1 aromatic carbocycles. The maximum atomic E-state index is 10.5. The summed E-state index contributed by atoms with van der Waals surface area (Å²) in [6, 6.07) is 5.36. The summed E-state index contributed by atoms with van der Waals surface area (Å²) in [5, 5.41) is 11.7. The lowest BCUT2D eigenvalue weighted by Gasteiger charge is -2.32. The van der Waals surface area contributed by atoms with Gasteiger partial charge in [-0.05, 0) is 48.4 Å². The van der Waals surface area contributed by atoms with Gasteiger partial charge in [-0.15, -0.1) is 0 Å². The molecule has 0 amide bonds. The van der Waals surface area contributed by atoms with Gasteiger partial charge in [0.05, 0.1) is 6.10 Å². The molecule has 0 heterocycles. The highest BCUT2D eigenvalue weighted by Crippen LogP contribution is 2.39. The van der Waals surface area contributed by atoms with E-state index in [2.05, 4.69) is 6.92 Å². The molecule has 18 heavy (non-hydrogen) atoms. The van der Waals surface area contributed by atoms with E-state index in [1.54, 1.807) is 6.07 Å². The summed E-state index contributed by atoms with van der Waals surface area (Å²) >= 11 is 12.0. The van der Waals surface area contributed by atoms with Crippen LogP contribution in [0.3, 0.4) is 0 Å². The molecule has 0 saturated heterocycles. The quantitative estimate of drug-likeness (QED) is 0.805. The molecule has 0 aliphatic heterocycles. The zero-order chi connectivity index (χ0) is 13.1. The molecule has 1 nitrogen and oxygen atoms in total. The van der Waals surface area contributed by atoms with Crippen molar-refractivity contribution in [2.24, 2.45) is 11.8 Å². The fraction of sp³-hybridized carbons (Fsp3) is 0.600. The highest BCUT2D eigenvalue weighted by molar-refractivity contribution is 6.34. The second kappa shape index (κ2) is 6.27. The van der Waals surface area contributed by atoms with Gasteiger partial charge < -0.3 is 5.11 Å². The first-order valence-electron chi connectivity index (χ1n) is 6.74. The number of aliphatic hydroxyl groups is 1. The second-order valence-corrected chi connectivity index (χ2v) is 6.22. The Balaban J connectivity index is 2.12. The molecule has 0 spiro atoms. The van der Waals surface area contributed by atoms with Gasteiger partial charge in [-0.25, -0.2) is 0 Å². The van der Waals surface area contributed by atoms with Crippen LogP contribution in [0.15, 0.2) is 18.2 Å². The summed E-state index contributed by atoms with van der Waals surface area (Å²) in [4.78, 5) is 0. The zero-order valence-corrected chi connectivity index (χ0v) is 12.2. The Hall–Kier alpha value is -0.240. The average Bonchev–Trinajstić information content (AvgIpc) is 2.37. The van der Waals surface area contributed by atoms with Crippen LogP contribution < -0.4 is 0 Å². The van der Waals surface area contributed by atoms with Crippen LogP contribution in [-0.2, 0) is 0 Å². The van der Waals surface area contributed by atoms with Crippen molar-refractivity contribution in [3.05, 3.63) is 33.8 Å². The van der Waals surface area contributed by atoms with Crippen molar-refractivity contribution in [1.29, 1.82) is 0 Å². The topological polar surface area (TPSA) is 20.2 Å². The third-order valence-corrected chi connectivity index (χ3v) is 4.51. The van der Waals surface area contributed by atoms with Crippen molar-refractivity contribution >= 4 is 23.2 Å². The van der Waals surface area contributed by atoms with E-state index in [0.29, 0.717) is 16.0 Å². The van der Waals surface area contributed by atoms with Gasteiger partial charge in [0.15, 0.2) is 0 Å². The maximum absolute atomic E-state index is 10.5. The summed E-state index contributed by atoms with van der Waals surface area (Å²) in [5.74, 6) is 1.10.